The van der Waals surface area contributed by atoms with Gasteiger partial charge in [-0.25, -0.2) is 0 Å². The van der Waals surface area contributed by atoms with E-state index in [-0.39, 0.29) is 0 Å². The Kier molecular flexibility index (Phi) is 5.73. The van der Waals surface area contributed by atoms with Crippen LogP contribution in [0.25, 0.3) is 11.3 Å². The van der Waals surface area contributed by atoms with Crippen LogP contribution in [0.4, 0.5) is 0 Å². The van der Waals surface area contributed by atoms with Gasteiger partial charge in [-0.1, -0.05) is 42.8 Å². The van der Waals surface area contributed by atoms with Gasteiger partial charge in [-0.05, 0) is 36.2 Å². The number of aromatic nitrogens is 1. The SMILES string of the molecule is CCCCc1cc(-c2ccccc2OCc2ccc(OC)cc2)no1. The Morgan fingerprint density at radius 2 is 1.84 bits per heavy atom. The fourth-order valence-corrected chi connectivity index (χ4v) is 2.60. The number of hydrogen-bond donors (Lipinski definition) is 0. The molecule has 0 saturated heterocycles. The lowest BCUT2D eigenvalue weighted by atomic mass is 10.1. The second-order valence-corrected chi connectivity index (χ2v) is 5.91. The molecule has 0 unspecified atom stereocenters. The van der Waals surface area contributed by atoms with Crippen LogP contribution in [0.3, 0.4) is 0 Å². The van der Waals surface area contributed by atoms with Gasteiger partial charge in [0.05, 0.1) is 7.11 Å². The number of unbranched alkanes of at least 4 members (excludes halogenated alkanes) is 1. The van der Waals surface area contributed by atoms with Crippen molar-refractivity contribution in [2.75, 3.05) is 7.11 Å². The van der Waals surface area contributed by atoms with Gasteiger partial charge in [-0.3, -0.25) is 0 Å². The standard InChI is InChI=1S/C21H23NO3/c1-3-4-7-18-14-20(22-25-18)19-8-5-6-9-21(19)24-15-16-10-12-17(23-2)13-11-16/h5-6,8-14H,3-4,7,15H2,1-2H3. The molecule has 0 fully saturated rings. The molecule has 3 rings (SSSR count). The van der Waals surface area contributed by atoms with Gasteiger partial charge in [-0.15, -0.1) is 0 Å². The minimum absolute atomic E-state index is 0.488. The van der Waals surface area contributed by atoms with E-state index in [1.54, 1.807) is 7.11 Å². The van der Waals surface area contributed by atoms with Crippen molar-refractivity contribution in [3.63, 3.8) is 0 Å². The fraction of sp³-hybridized carbons (Fsp3) is 0.286. The lowest BCUT2D eigenvalue weighted by molar-refractivity contribution is 0.307. The summed E-state index contributed by atoms with van der Waals surface area (Å²) < 4.78 is 16.6. The molecular weight excluding hydrogens is 314 g/mol. The van der Waals surface area contributed by atoms with E-state index in [2.05, 4.69) is 12.1 Å². The maximum absolute atomic E-state index is 6.02. The molecule has 0 N–H and O–H groups in total. The molecule has 0 bridgehead atoms. The number of aryl methyl sites for hydroxylation is 1. The third-order valence-corrected chi connectivity index (χ3v) is 4.05. The molecule has 4 nitrogen and oxygen atoms in total. The minimum atomic E-state index is 0.488. The van der Waals surface area contributed by atoms with Gasteiger partial charge in [0.2, 0.25) is 0 Å². The van der Waals surface area contributed by atoms with Crippen LogP contribution in [-0.2, 0) is 13.0 Å². The van der Waals surface area contributed by atoms with Gasteiger partial charge in [0.1, 0.15) is 29.6 Å². The van der Waals surface area contributed by atoms with Crippen LogP contribution in [0.1, 0.15) is 31.1 Å². The normalized spacial score (nSPS) is 10.6. The molecule has 1 heterocycles. The van der Waals surface area contributed by atoms with Crippen LogP contribution >= 0.6 is 0 Å². The highest BCUT2D eigenvalue weighted by molar-refractivity contribution is 5.66. The Labute approximate surface area is 148 Å². The quantitative estimate of drug-likeness (QED) is 0.561. The van der Waals surface area contributed by atoms with Crippen molar-refractivity contribution < 1.29 is 14.0 Å². The molecule has 4 heteroatoms. The van der Waals surface area contributed by atoms with Crippen molar-refractivity contribution in [1.82, 2.24) is 5.16 Å². The highest BCUT2D eigenvalue weighted by Crippen LogP contribution is 2.30. The first-order chi connectivity index (χ1) is 12.3. The van der Waals surface area contributed by atoms with Crippen LogP contribution in [0, 0.1) is 0 Å². The number of nitrogens with zero attached hydrogens (tertiary/aromatic N) is 1. The molecule has 25 heavy (non-hydrogen) atoms. The number of benzene rings is 2. The van der Waals surface area contributed by atoms with Crippen LogP contribution in [-0.4, -0.2) is 12.3 Å². The summed E-state index contributed by atoms with van der Waals surface area (Å²) in [4.78, 5) is 0. The average molecular weight is 337 g/mol. The van der Waals surface area contributed by atoms with Crippen molar-refractivity contribution in [3.05, 3.63) is 65.9 Å². The molecule has 0 atom stereocenters. The number of methoxy groups -OCH3 is 1. The van der Waals surface area contributed by atoms with Crippen molar-refractivity contribution in [2.45, 2.75) is 32.8 Å². The van der Waals surface area contributed by atoms with Gasteiger partial charge in [0.15, 0.2) is 0 Å². The van der Waals surface area contributed by atoms with Crippen LogP contribution < -0.4 is 9.47 Å². The maximum atomic E-state index is 6.02. The van der Waals surface area contributed by atoms with Crippen LogP contribution in [0.2, 0.25) is 0 Å². The zero-order valence-corrected chi connectivity index (χ0v) is 14.7. The van der Waals surface area contributed by atoms with Crippen molar-refractivity contribution in [3.8, 4) is 22.8 Å². The third kappa shape index (κ3) is 4.41. The van der Waals surface area contributed by atoms with Gasteiger partial charge in [0, 0.05) is 18.1 Å². The van der Waals surface area contributed by atoms with Crippen LogP contribution in [0.5, 0.6) is 11.5 Å². The van der Waals surface area contributed by atoms with Gasteiger partial charge < -0.3 is 14.0 Å². The number of ether oxygens (including phenoxy) is 2. The van der Waals surface area contributed by atoms with Crippen molar-refractivity contribution in [1.29, 1.82) is 0 Å². The second-order valence-electron chi connectivity index (χ2n) is 5.91. The van der Waals surface area contributed by atoms with E-state index in [0.717, 1.165) is 53.3 Å². The van der Waals surface area contributed by atoms with Crippen molar-refractivity contribution >= 4 is 0 Å². The summed E-state index contributed by atoms with van der Waals surface area (Å²) in [6.07, 6.45) is 3.15. The Morgan fingerprint density at radius 1 is 1.04 bits per heavy atom. The van der Waals surface area contributed by atoms with E-state index in [4.69, 9.17) is 14.0 Å². The van der Waals surface area contributed by atoms with Crippen molar-refractivity contribution in [2.24, 2.45) is 0 Å². The molecule has 0 amide bonds. The molecule has 2 aromatic carbocycles. The monoisotopic (exact) mass is 337 g/mol. The molecule has 0 aliphatic carbocycles. The van der Waals surface area contributed by atoms with E-state index in [1.807, 2.05) is 54.6 Å². The van der Waals surface area contributed by atoms with Gasteiger partial charge >= 0.3 is 0 Å². The zero-order valence-electron chi connectivity index (χ0n) is 14.7. The van der Waals surface area contributed by atoms with Gasteiger partial charge in [0.25, 0.3) is 0 Å². The summed E-state index contributed by atoms with van der Waals surface area (Å²) in [7, 11) is 1.66. The first kappa shape index (κ1) is 17.1. The first-order valence-corrected chi connectivity index (χ1v) is 8.61. The van der Waals surface area contributed by atoms with Crippen LogP contribution in [0.15, 0.2) is 59.1 Å². The number of rotatable bonds is 8. The van der Waals surface area contributed by atoms with Gasteiger partial charge in [-0.2, -0.15) is 0 Å². The molecule has 1 aromatic heterocycles. The molecule has 0 radical (unpaired) electrons. The average Bonchev–Trinajstić information content (AvgIpc) is 3.14. The highest BCUT2D eigenvalue weighted by atomic mass is 16.5. The fourth-order valence-electron chi connectivity index (χ4n) is 2.60. The predicted molar refractivity (Wildman–Crippen MR) is 97.9 cm³/mol. The molecule has 3 aromatic rings. The summed E-state index contributed by atoms with van der Waals surface area (Å²) in [6, 6.07) is 17.8. The Bertz CT molecular complexity index is 793. The molecular formula is C21H23NO3. The molecule has 130 valence electrons. The smallest absolute Gasteiger partial charge is 0.137 e. The summed E-state index contributed by atoms with van der Waals surface area (Å²) in [5, 5.41) is 4.21. The van der Waals surface area contributed by atoms with E-state index in [0.29, 0.717) is 6.61 Å². The molecule has 0 spiro atoms. The Morgan fingerprint density at radius 3 is 2.60 bits per heavy atom. The first-order valence-electron chi connectivity index (χ1n) is 8.61. The predicted octanol–water partition coefficient (Wildman–Crippen LogP) is 5.27. The van der Waals surface area contributed by atoms with E-state index in [9.17, 15) is 0 Å². The van der Waals surface area contributed by atoms with E-state index >= 15 is 0 Å². The van der Waals surface area contributed by atoms with E-state index in [1.165, 1.54) is 0 Å². The maximum Gasteiger partial charge on any atom is 0.137 e. The number of para-hydroxylation sites is 1. The molecule has 0 aliphatic rings. The lowest BCUT2D eigenvalue weighted by Gasteiger charge is -2.10. The minimum Gasteiger partial charge on any atom is -0.497 e. The summed E-state index contributed by atoms with van der Waals surface area (Å²) >= 11 is 0. The highest BCUT2D eigenvalue weighted by Gasteiger charge is 2.11. The topological polar surface area (TPSA) is 44.5 Å². The largest absolute Gasteiger partial charge is 0.497 e. The second kappa shape index (κ2) is 8.38. The molecule has 0 saturated carbocycles. The summed E-state index contributed by atoms with van der Waals surface area (Å²) in [5.41, 5.74) is 2.85. The molecule has 0 aliphatic heterocycles. The summed E-state index contributed by atoms with van der Waals surface area (Å²) in [6.45, 7) is 2.65. The zero-order chi connectivity index (χ0) is 17.5. The lowest BCUT2D eigenvalue weighted by Crippen LogP contribution is -1.97. The summed E-state index contributed by atoms with van der Waals surface area (Å²) in [5.74, 6) is 2.56. The Balaban J connectivity index is 1.72. The third-order valence-electron chi connectivity index (χ3n) is 4.05. The number of hydrogen-bond acceptors (Lipinski definition) is 4. The van der Waals surface area contributed by atoms with E-state index < -0.39 is 0 Å². The Hall–Kier alpha value is -2.75.